The van der Waals surface area contributed by atoms with E-state index in [1.165, 1.54) is 22.2 Å². The van der Waals surface area contributed by atoms with E-state index >= 15 is 0 Å². The second kappa shape index (κ2) is 6.62. The predicted molar refractivity (Wildman–Crippen MR) is 104 cm³/mol. The van der Waals surface area contributed by atoms with E-state index in [4.69, 9.17) is 0 Å². The molecule has 0 saturated heterocycles. The van der Waals surface area contributed by atoms with E-state index in [-0.39, 0.29) is 23.4 Å². The largest absolute Gasteiger partial charge is 0.349 e. The topological polar surface area (TPSA) is 93.1 Å². The summed E-state index contributed by atoms with van der Waals surface area (Å²) < 4.78 is 1.39. The van der Waals surface area contributed by atoms with Gasteiger partial charge in [-0.25, -0.2) is 4.98 Å². The molecule has 1 saturated carbocycles. The number of carbonyl (C=O) groups is 2. The number of rotatable bonds is 4. The summed E-state index contributed by atoms with van der Waals surface area (Å²) in [5, 5.41) is 6.19. The molecule has 0 bridgehead atoms. The van der Waals surface area contributed by atoms with Crippen molar-refractivity contribution in [1.29, 1.82) is 0 Å². The summed E-state index contributed by atoms with van der Waals surface area (Å²) >= 11 is 1.17. The van der Waals surface area contributed by atoms with Gasteiger partial charge in [0.15, 0.2) is 0 Å². The number of carbonyl (C=O) groups excluding carboxylic acids is 2. The normalized spacial score (nSPS) is 13.6. The lowest BCUT2D eigenvalue weighted by atomic mass is 10.1. The van der Waals surface area contributed by atoms with Crippen LogP contribution in [0.4, 0.5) is 5.69 Å². The number of para-hydroxylation sites is 1. The van der Waals surface area contributed by atoms with Crippen molar-refractivity contribution >= 4 is 39.1 Å². The first kappa shape index (κ1) is 17.4. The first-order chi connectivity index (χ1) is 13.0. The molecule has 3 aromatic rings. The predicted octanol–water partition coefficient (Wildman–Crippen LogP) is 2.45. The van der Waals surface area contributed by atoms with Crippen molar-refractivity contribution in [2.75, 3.05) is 5.32 Å². The zero-order chi connectivity index (χ0) is 19.1. The molecule has 0 radical (unpaired) electrons. The van der Waals surface area contributed by atoms with Crippen LogP contribution in [0.15, 0.2) is 35.4 Å². The van der Waals surface area contributed by atoms with E-state index < -0.39 is 0 Å². The van der Waals surface area contributed by atoms with Gasteiger partial charge in [0.25, 0.3) is 17.4 Å². The number of nitrogens with zero attached hydrogens (tertiary/aromatic N) is 2. The van der Waals surface area contributed by atoms with Gasteiger partial charge in [-0.2, -0.15) is 0 Å². The van der Waals surface area contributed by atoms with Crippen LogP contribution in [0.2, 0.25) is 0 Å². The van der Waals surface area contributed by atoms with Gasteiger partial charge >= 0.3 is 0 Å². The Labute approximate surface area is 159 Å². The fourth-order valence-corrected chi connectivity index (χ4v) is 3.92. The number of hydrogen-bond acceptors (Lipinski definition) is 5. The van der Waals surface area contributed by atoms with Crippen LogP contribution in [0.1, 0.15) is 38.4 Å². The molecular weight excluding hydrogens is 364 g/mol. The van der Waals surface area contributed by atoms with Gasteiger partial charge in [0.2, 0.25) is 0 Å². The van der Waals surface area contributed by atoms with Crippen LogP contribution in [-0.4, -0.2) is 27.4 Å². The molecule has 7 nitrogen and oxygen atoms in total. The minimum absolute atomic E-state index is 0.183. The Morgan fingerprint density at radius 3 is 2.70 bits per heavy atom. The maximum absolute atomic E-state index is 12.8. The van der Waals surface area contributed by atoms with Gasteiger partial charge in [0.1, 0.15) is 4.83 Å². The molecule has 2 amide bonds. The highest BCUT2D eigenvalue weighted by Crippen LogP contribution is 2.28. The molecule has 4 rings (SSSR count). The van der Waals surface area contributed by atoms with Crippen LogP contribution in [0.3, 0.4) is 0 Å². The zero-order valence-electron chi connectivity index (χ0n) is 14.9. The molecule has 0 aliphatic heterocycles. The Bertz CT molecular complexity index is 1130. The van der Waals surface area contributed by atoms with Crippen LogP contribution in [0.5, 0.6) is 0 Å². The molecule has 2 N–H and O–H groups in total. The number of anilines is 1. The maximum atomic E-state index is 12.8. The molecule has 2 aromatic heterocycles. The van der Waals surface area contributed by atoms with Crippen molar-refractivity contribution in [3.63, 3.8) is 0 Å². The molecule has 0 spiro atoms. The van der Waals surface area contributed by atoms with Gasteiger partial charge in [-0.1, -0.05) is 12.1 Å². The lowest BCUT2D eigenvalue weighted by Gasteiger charge is -2.11. The van der Waals surface area contributed by atoms with Crippen LogP contribution < -0.4 is 16.2 Å². The minimum Gasteiger partial charge on any atom is -0.349 e. The molecule has 1 aliphatic rings. The summed E-state index contributed by atoms with van der Waals surface area (Å²) in [6, 6.07) is 7.13. The Kier molecular flexibility index (Phi) is 4.27. The molecule has 0 atom stereocenters. The molecule has 27 heavy (non-hydrogen) atoms. The van der Waals surface area contributed by atoms with Gasteiger partial charge in [0.05, 0.1) is 27.8 Å². The van der Waals surface area contributed by atoms with Crippen LogP contribution in [0.25, 0.3) is 10.2 Å². The molecule has 2 heterocycles. The fourth-order valence-electron chi connectivity index (χ4n) is 2.89. The summed E-state index contributed by atoms with van der Waals surface area (Å²) in [6.07, 6.45) is 3.42. The van der Waals surface area contributed by atoms with Gasteiger partial charge < -0.3 is 15.2 Å². The average molecular weight is 382 g/mol. The monoisotopic (exact) mass is 382 g/mol. The zero-order valence-corrected chi connectivity index (χ0v) is 15.7. The number of benzene rings is 1. The molecule has 8 heteroatoms. The lowest BCUT2D eigenvalue weighted by Crippen LogP contribution is -2.27. The van der Waals surface area contributed by atoms with Gasteiger partial charge in [-0.05, 0) is 37.5 Å². The van der Waals surface area contributed by atoms with E-state index in [1.54, 1.807) is 38.2 Å². The lowest BCUT2D eigenvalue weighted by molar-refractivity contribution is 0.0952. The number of fused-ring (bicyclic) bond motifs is 1. The van der Waals surface area contributed by atoms with Crippen LogP contribution in [-0.2, 0) is 7.05 Å². The minimum atomic E-state index is -0.357. The summed E-state index contributed by atoms with van der Waals surface area (Å²) in [7, 11) is 1.63. The first-order valence-electron chi connectivity index (χ1n) is 8.61. The molecule has 1 fully saturated rings. The quantitative estimate of drug-likeness (QED) is 0.725. The smallest absolute Gasteiger partial charge is 0.266 e. The maximum Gasteiger partial charge on any atom is 0.266 e. The van der Waals surface area contributed by atoms with E-state index in [1.807, 2.05) is 0 Å². The Morgan fingerprint density at radius 2 is 1.96 bits per heavy atom. The number of aromatic nitrogens is 2. The molecule has 0 unspecified atom stereocenters. The first-order valence-corrected chi connectivity index (χ1v) is 9.43. The SMILES string of the molecule is Cc1c(C(=O)Nc2ccccc2C(=O)NC2CC2)sc2ncn(C)c(=O)c12. The van der Waals surface area contributed by atoms with E-state index in [2.05, 4.69) is 15.6 Å². The number of nitrogens with one attached hydrogen (secondary N) is 2. The standard InChI is InChI=1S/C19H18N4O3S/c1-10-14-18(20-9-23(2)19(14)26)27-15(10)17(25)22-13-6-4-3-5-12(13)16(24)21-11-7-8-11/h3-6,9,11H,7-8H2,1-2H3,(H,21,24)(H,22,25). The molecular formula is C19H18N4O3S. The summed E-state index contributed by atoms with van der Waals surface area (Å²) in [6.45, 7) is 1.74. The molecule has 138 valence electrons. The highest BCUT2D eigenvalue weighted by atomic mass is 32.1. The van der Waals surface area contributed by atoms with Crippen molar-refractivity contribution in [3.05, 3.63) is 57.0 Å². The van der Waals surface area contributed by atoms with Crippen LogP contribution in [0, 0.1) is 6.92 Å². The highest BCUT2D eigenvalue weighted by Gasteiger charge is 2.25. The highest BCUT2D eigenvalue weighted by molar-refractivity contribution is 7.20. The fraction of sp³-hybridized carbons (Fsp3) is 0.263. The van der Waals surface area contributed by atoms with Crippen molar-refractivity contribution in [2.24, 2.45) is 7.05 Å². The van der Waals surface area contributed by atoms with Crippen LogP contribution >= 0.6 is 11.3 Å². The second-order valence-corrected chi connectivity index (χ2v) is 7.64. The van der Waals surface area contributed by atoms with Crippen molar-refractivity contribution in [1.82, 2.24) is 14.9 Å². The number of thiophene rings is 1. The van der Waals surface area contributed by atoms with Crippen molar-refractivity contribution in [3.8, 4) is 0 Å². The third-order valence-electron chi connectivity index (χ3n) is 4.55. The van der Waals surface area contributed by atoms with E-state index in [0.29, 0.717) is 31.9 Å². The van der Waals surface area contributed by atoms with Crippen molar-refractivity contribution < 1.29 is 9.59 Å². The number of aryl methyl sites for hydroxylation is 2. The van der Waals surface area contributed by atoms with Crippen molar-refractivity contribution in [2.45, 2.75) is 25.8 Å². The van der Waals surface area contributed by atoms with Gasteiger partial charge in [-0.15, -0.1) is 11.3 Å². The molecule has 1 aliphatic carbocycles. The Hall–Kier alpha value is -3.00. The number of amides is 2. The van der Waals surface area contributed by atoms with E-state index in [9.17, 15) is 14.4 Å². The van der Waals surface area contributed by atoms with E-state index in [0.717, 1.165) is 12.8 Å². The summed E-state index contributed by atoms with van der Waals surface area (Å²) in [4.78, 5) is 42.8. The average Bonchev–Trinajstić information content (AvgIpc) is 3.39. The third-order valence-corrected chi connectivity index (χ3v) is 5.75. The summed E-state index contributed by atoms with van der Waals surface area (Å²) in [5.41, 5.74) is 1.28. The van der Waals surface area contributed by atoms with Gasteiger partial charge in [-0.3, -0.25) is 14.4 Å². The Balaban J connectivity index is 1.66. The molecule has 1 aromatic carbocycles. The third kappa shape index (κ3) is 3.23. The summed E-state index contributed by atoms with van der Waals surface area (Å²) in [5.74, 6) is -0.554. The second-order valence-electron chi connectivity index (χ2n) is 6.64. The van der Waals surface area contributed by atoms with Gasteiger partial charge in [0, 0.05) is 13.1 Å². The number of hydrogen-bond donors (Lipinski definition) is 2. The Morgan fingerprint density at radius 1 is 1.22 bits per heavy atom.